The number of carbonyl (C=O) groups is 1. The summed E-state index contributed by atoms with van der Waals surface area (Å²) in [6, 6.07) is 10.9. The van der Waals surface area contributed by atoms with Gasteiger partial charge in [0.05, 0.1) is 14.7 Å². The van der Waals surface area contributed by atoms with Crippen LogP contribution in [0.4, 0.5) is 11.4 Å². The van der Waals surface area contributed by atoms with Crippen LogP contribution in [-0.4, -0.2) is 30.8 Å². The second kappa shape index (κ2) is 8.76. The molecule has 2 aromatic carbocycles. The molecular formula is C18H10N6O5S. The molecule has 0 aliphatic rings. The summed E-state index contributed by atoms with van der Waals surface area (Å²) in [6.45, 7) is 0. The predicted molar refractivity (Wildman–Crippen MR) is 105 cm³/mol. The summed E-state index contributed by atoms with van der Waals surface area (Å²) in [6.07, 6.45) is 2.46. The number of rotatable bonds is 7. The highest BCUT2D eigenvalue weighted by Gasteiger charge is 2.19. The molecule has 0 bridgehead atoms. The van der Waals surface area contributed by atoms with Gasteiger partial charge in [-0.05, 0) is 29.5 Å². The molecule has 0 radical (unpaired) electrons. The van der Waals surface area contributed by atoms with Crippen LogP contribution < -0.4 is 0 Å². The summed E-state index contributed by atoms with van der Waals surface area (Å²) in [7, 11) is 0. The molecular weight excluding hydrogens is 412 g/mol. The quantitative estimate of drug-likeness (QED) is 0.197. The number of ketones is 1. The molecule has 0 fully saturated rings. The fourth-order valence-corrected chi connectivity index (χ4v) is 3.21. The van der Waals surface area contributed by atoms with Gasteiger partial charge in [-0.3, -0.25) is 30.1 Å². The molecule has 12 heteroatoms. The maximum Gasteiger partial charge on any atom is 0.283 e. The van der Waals surface area contributed by atoms with Crippen molar-refractivity contribution in [2.45, 2.75) is 10.1 Å². The highest BCUT2D eigenvalue weighted by atomic mass is 32.2. The molecule has 0 saturated carbocycles. The van der Waals surface area contributed by atoms with Crippen molar-refractivity contribution in [2.75, 3.05) is 0 Å². The van der Waals surface area contributed by atoms with E-state index in [1.54, 1.807) is 6.07 Å². The van der Waals surface area contributed by atoms with Crippen LogP contribution in [0.3, 0.4) is 0 Å². The molecule has 0 atom stereocenters. The summed E-state index contributed by atoms with van der Waals surface area (Å²) in [5.74, 6) is -0.732. The summed E-state index contributed by atoms with van der Waals surface area (Å²) in [5, 5.41) is 38.3. The number of hydrogen-bond acceptors (Lipinski definition) is 9. The van der Waals surface area contributed by atoms with E-state index in [4.69, 9.17) is 0 Å². The van der Waals surface area contributed by atoms with Gasteiger partial charge in [0.1, 0.15) is 18.0 Å². The number of aromatic nitrogens is 3. The number of Topliss-reactive ketones (excluding diaryl/α,β-unsaturated/α-hetero) is 1. The van der Waals surface area contributed by atoms with Gasteiger partial charge in [-0.1, -0.05) is 18.2 Å². The van der Waals surface area contributed by atoms with E-state index < -0.39 is 15.6 Å². The van der Waals surface area contributed by atoms with Gasteiger partial charge in [0, 0.05) is 23.8 Å². The number of nitriles is 1. The Hall–Kier alpha value is -4.37. The van der Waals surface area contributed by atoms with Crippen molar-refractivity contribution < 1.29 is 14.6 Å². The van der Waals surface area contributed by atoms with Crippen LogP contribution in [-0.2, 0) is 0 Å². The standard InChI is InChI=1S/C18H10N6O5S/c19-9-13(17(25)12-2-1-3-14(8-12)23(26)27)6-11-4-5-16(15(7-11)24(28)29)30-18-20-10-21-22-18/h1-8,10H,(H,20,21,22)/b13-6-. The van der Waals surface area contributed by atoms with E-state index in [1.165, 1.54) is 48.8 Å². The molecule has 0 aliphatic carbocycles. The number of nitro benzene ring substituents is 2. The SMILES string of the molecule is N#C/C(=C/c1ccc(Sc2ncn[nH]2)c([N+](=O)[O-])c1)C(=O)c1cccc([N+](=O)[O-])c1. The van der Waals surface area contributed by atoms with Gasteiger partial charge in [0.25, 0.3) is 11.4 Å². The van der Waals surface area contributed by atoms with E-state index in [0.29, 0.717) is 5.16 Å². The van der Waals surface area contributed by atoms with Gasteiger partial charge < -0.3 is 0 Å². The number of non-ortho nitro benzene ring substituents is 1. The fraction of sp³-hybridized carbons (Fsp3) is 0. The van der Waals surface area contributed by atoms with Gasteiger partial charge in [0.15, 0.2) is 5.16 Å². The molecule has 0 spiro atoms. The van der Waals surface area contributed by atoms with Crippen LogP contribution in [0.5, 0.6) is 0 Å². The van der Waals surface area contributed by atoms with Crippen molar-refractivity contribution >= 4 is 35.0 Å². The number of nitro groups is 2. The molecule has 0 saturated heterocycles. The molecule has 0 unspecified atom stereocenters. The van der Waals surface area contributed by atoms with Gasteiger partial charge >= 0.3 is 0 Å². The van der Waals surface area contributed by atoms with Crippen molar-refractivity contribution in [3.63, 3.8) is 0 Å². The minimum absolute atomic E-state index is 0.0380. The molecule has 0 amide bonds. The second-order valence-corrected chi connectivity index (χ2v) is 6.71. The highest BCUT2D eigenvalue weighted by Crippen LogP contribution is 2.34. The largest absolute Gasteiger partial charge is 0.288 e. The molecule has 3 rings (SSSR count). The molecule has 0 aliphatic heterocycles. The van der Waals surface area contributed by atoms with Crippen LogP contribution in [0.2, 0.25) is 0 Å². The Kier molecular flexibility index (Phi) is 5.94. The Labute approximate surface area is 172 Å². The van der Waals surface area contributed by atoms with Crippen LogP contribution in [0.1, 0.15) is 15.9 Å². The van der Waals surface area contributed by atoms with E-state index >= 15 is 0 Å². The molecule has 1 aromatic heterocycles. The zero-order chi connectivity index (χ0) is 21.7. The van der Waals surface area contributed by atoms with E-state index in [2.05, 4.69) is 15.2 Å². The number of H-pyrrole nitrogens is 1. The van der Waals surface area contributed by atoms with Crippen molar-refractivity contribution in [1.82, 2.24) is 15.2 Å². The van der Waals surface area contributed by atoms with E-state index in [-0.39, 0.29) is 33.0 Å². The van der Waals surface area contributed by atoms with Crippen LogP contribution in [0.25, 0.3) is 6.08 Å². The number of carbonyl (C=O) groups excluding carboxylic acids is 1. The molecule has 1 N–H and O–H groups in total. The first-order valence-corrected chi connectivity index (χ1v) is 8.93. The number of allylic oxidation sites excluding steroid dienone is 1. The topological polar surface area (TPSA) is 169 Å². The highest BCUT2D eigenvalue weighted by molar-refractivity contribution is 7.99. The van der Waals surface area contributed by atoms with Crippen molar-refractivity contribution in [3.8, 4) is 6.07 Å². The average Bonchev–Trinajstić information content (AvgIpc) is 3.25. The lowest BCUT2D eigenvalue weighted by molar-refractivity contribution is -0.387. The lowest BCUT2D eigenvalue weighted by Crippen LogP contribution is -2.03. The van der Waals surface area contributed by atoms with Crippen molar-refractivity contribution in [3.05, 3.63) is 85.7 Å². The Morgan fingerprint density at radius 2 is 1.97 bits per heavy atom. The number of hydrogen-bond donors (Lipinski definition) is 1. The zero-order valence-corrected chi connectivity index (χ0v) is 15.7. The molecule has 148 valence electrons. The third-order valence-corrected chi connectivity index (χ3v) is 4.73. The van der Waals surface area contributed by atoms with Gasteiger partial charge in [-0.15, -0.1) is 0 Å². The second-order valence-electron chi connectivity index (χ2n) is 5.68. The Bertz CT molecular complexity index is 1220. The van der Waals surface area contributed by atoms with Gasteiger partial charge in [-0.25, -0.2) is 4.98 Å². The third kappa shape index (κ3) is 4.54. The normalized spacial score (nSPS) is 11.0. The van der Waals surface area contributed by atoms with E-state index in [9.17, 15) is 30.3 Å². The summed E-state index contributed by atoms with van der Waals surface area (Å²) in [5.41, 5.74) is -0.642. The van der Waals surface area contributed by atoms with Crippen molar-refractivity contribution in [1.29, 1.82) is 5.26 Å². The average molecular weight is 422 g/mol. The van der Waals surface area contributed by atoms with Crippen molar-refractivity contribution in [2.24, 2.45) is 0 Å². The Morgan fingerprint density at radius 3 is 2.60 bits per heavy atom. The monoisotopic (exact) mass is 422 g/mol. The number of nitrogens with zero attached hydrogens (tertiary/aromatic N) is 5. The molecule has 30 heavy (non-hydrogen) atoms. The molecule has 11 nitrogen and oxygen atoms in total. The lowest BCUT2D eigenvalue weighted by atomic mass is 10.0. The summed E-state index contributed by atoms with van der Waals surface area (Å²) in [4.78, 5) is 37.9. The minimum atomic E-state index is -0.732. The van der Waals surface area contributed by atoms with Gasteiger partial charge in [-0.2, -0.15) is 10.4 Å². The van der Waals surface area contributed by atoms with E-state index in [1.807, 2.05) is 0 Å². The summed E-state index contributed by atoms with van der Waals surface area (Å²) < 4.78 is 0. The van der Waals surface area contributed by atoms with E-state index in [0.717, 1.165) is 17.8 Å². The van der Waals surface area contributed by atoms with Crippen LogP contribution in [0, 0.1) is 31.6 Å². The summed E-state index contributed by atoms with van der Waals surface area (Å²) >= 11 is 1.00. The first-order valence-electron chi connectivity index (χ1n) is 8.11. The number of benzene rings is 2. The van der Waals surface area contributed by atoms with Crippen LogP contribution >= 0.6 is 11.8 Å². The first kappa shape index (κ1) is 20.4. The first-order chi connectivity index (χ1) is 14.4. The zero-order valence-electron chi connectivity index (χ0n) is 14.9. The lowest BCUT2D eigenvalue weighted by Gasteiger charge is -2.03. The Balaban J connectivity index is 1.95. The maximum absolute atomic E-state index is 12.6. The minimum Gasteiger partial charge on any atom is -0.288 e. The molecule has 3 aromatic rings. The maximum atomic E-state index is 12.6. The number of nitrogens with one attached hydrogen (secondary N) is 1. The third-order valence-electron chi connectivity index (χ3n) is 3.77. The van der Waals surface area contributed by atoms with Crippen LogP contribution in [0.15, 0.2) is 64.4 Å². The predicted octanol–water partition coefficient (Wildman–Crippen LogP) is 3.56. The smallest absolute Gasteiger partial charge is 0.283 e. The number of aromatic amines is 1. The fourth-order valence-electron chi connectivity index (χ4n) is 2.43. The molecule has 1 heterocycles. The van der Waals surface area contributed by atoms with Gasteiger partial charge in [0.2, 0.25) is 5.78 Å². The Morgan fingerprint density at radius 1 is 1.17 bits per heavy atom.